The fraction of sp³-hybridized carbons (Fsp3) is 0.100. The van der Waals surface area contributed by atoms with Crippen molar-refractivity contribution in [2.45, 2.75) is 6.92 Å². The van der Waals surface area contributed by atoms with Gasteiger partial charge in [-0.05, 0) is 24.2 Å². The van der Waals surface area contributed by atoms with Crippen molar-refractivity contribution in [1.82, 2.24) is 5.16 Å². The molecule has 2 rings (SSSR count). The molecule has 0 radical (unpaired) electrons. The molecule has 0 unspecified atom stereocenters. The van der Waals surface area contributed by atoms with E-state index in [0.717, 1.165) is 0 Å². The molecule has 14 heavy (non-hydrogen) atoms. The van der Waals surface area contributed by atoms with Gasteiger partial charge in [-0.1, -0.05) is 12.1 Å². The molecule has 72 valence electrons. The number of hydrogen-bond acceptors (Lipinski definition) is 4. The van der Waals surface area contributed by atoms with Gasteiger partial charge in [-0.25, -0.2) is 0 Å². The Labute approximate surface area is 81.3 Å². The maximum atomic E-state index is 5.69. The summed E-state index contributed by atoms with van der Waals surface area (Å²) >= 11 is 0. The minimum Gasteiger partial charge on any atom is -0.434 e. The second kappa shape index (κ2) is 3.41. The van der Waals surface area contributed by atoms with E-state index in [9.17, 15) is 0 Å². The van der Waals surface area contributed by atoms with Gasteiger partial charge >= 0.3 is 0 Å². The van der Waals surface area contributed by atoms with Gasteiger partial charge in [-0.3, -0.25) is 0 Å². The molecule has 0 spiro atoms. The van der Waals surface area contributed by atoms with E-state index in [0.29, 0.717) is 23.1 Å². The minimum absolute atomic E-state index is 0.417. The lowest BCUT2D eigenvalue weighted by atomic mass is 10.3. The van der Waals surface area contributed by atoms with Crippen LogP contribution in [0.5, 0.6) is 11.6 Å². The monoisotopic (exact) mass is 190 g/mol. The summed E-state index contributed by atoms with van der Waals surface area (Å²) in [6.07, 6.45) is 0. The maximum Gasteiger partial charge on any atom is 0.259 e. The zero-order chi connectivity index (χ0) is 9.97. The van der Waals surface area contributed by atoms with Gasteiger partial charge in [0.25, 0.3) is 5.88 Å². The number of rotatable bonds is 2. The number of ether oxygens (including phenoxy) is 1. The van der Waals surface area contributed by atoms with Crippen LogP contribution >= 0.6 is 0 Å². The third-order valence-corrected chi connectivity index (χ3v) is 1.74. The summed E-state index contributed by atoms with van der Waals surface area (Å²) in [6.45, 7) is 1.80. The highest BCUT2D eigenvalue weighted by Gasteiger charge is 2.04. The number of benzene rings is 1. The minimum atomic E-state index is 0.417. The Morgan fingerprint density at radius 3 is 2.79 bits per heavy atom. The summed E-state index contributed by atoms with van der Waals surface area (Å²) in [5.41, 5.74) is 6.27. The van der Waals surface area contributed by atoms with E-state index in [2.05, 4.69) is 5.16 Å². The first kappa shape index (κ1) is 8.62. The standard InChI is InChI=1S/C10H10N2O2/c1-7-6-10(12-14-7)13-9-5-3-2-4-8(9)11/h2-6H,11H2,1H3. The van der Waals surface area contributed by atoms with Crippen molar-refractivity contribution in [1.29, 1.82) is 0 Å². The average Bonchev–Trinajstić information content (AvgIpc) is 2.56. The summed E-state index contributed by atoms with van der Waals surface area (Å²) in [5, 5.41) is 3.70. The van der Waals surface area contributed by atoms with Crippen LogP contribution in [-0.2, 0) is 0 Å². The quantitative estimate of drug-likeness (QED) is 0.738. The Morgan fingerprint density at radius 1 is 1.36 bits per heavy atom. The van der Waals surface area contributed by atoms with Crippen molar-refractivity contribution in [2.24, 2.45) is 0 Å². The Bertz CT molecular complexity index is 437. The molecule has 0 saturated heterocycles. The highest BCUT2D eigenvalue weighted by Crippen LogP contribution is 2.25. The zero-order valence-corrected chi connectivity index (χ0v) is 7.73. The van der Waals surface area contributed by atoms with Crippen molar-refractivity contribution in [3.8, 4) is 11.6 Å². The molecule has 1 aromatic carbocycles. The summed E-state index contributed by atoms with van der Waals surface area (Å²) in [6, 6.07) is 8.93. The molecular formula is C10H10N2O2. The third-order valence-electron chi connectivity index (χ3n) is 1.74. The summed E-state index contributed by atoms with van der Waals surface area (Å²) < 4.78 is 10.3. The van der Waals surface area contributed by atoms with Gasteiger partial charge in [-0.15, -0.1) is 0 Å². The number of nitrogen functional groups attached to an aromatic ring is 1. The first-order valence-electron chi connectivity index (χ1n) is 4.21. The topological polar surface area (TPSA) is 61.3 Å². The van der Waals surface area contributed by atoms with Gasteiger partial charge in [-0.2, -0.15) is 0 Å². The van der Waals surface area contributed by atoms with Gasteiger partial charge in [0, 0.05) is 6.07 Å². The first-order valence-corrected chi connectivity index (χ1v) is 4.21. The molecule has 0 aliphatic carbocycles. The van der Waals surface area contributed by atoms with Crippen molar-refractivity contribution < 1.29 is 9.26 Å². The van der Waals surface area contributed by atoms with Crippen LogP contribution < -0.4 is 10.5 Å². The van der Waals surface area contributed by atoms with Crippen molar-refractivity contribution in [3.63, 3.8) is 0 Å². The molecule has 0 aliphatic rings. The largest absolute Gasteiger partial charge is 0.434 e. The van der Waals surface area contributed by atoms with Crippen molar-refractivity contribution >= 4 is 5.69 Å². The number of aromatic nitrogens is 1. The molecule has 2 N–H and O–H groups in total. The van der Waals surface area contributed by atoms with E-state index in [1.807, 2.05) is 12.1 Å². The van der Waals surface area contributed by atoms with Crippen LogP contribution in [0.3, 0.4) is 0 Å². The van der Waals surface area contributed by atoms with E-state index in [1.165, 1.54) is 0 Å². The van der Waals surface area contributed by atoms with E-state index in [-0.39, 0.29) is 0 Å². The molecule has 4 heteroatoms. The predicted molar refractivity (Wildman–Crippen MR) is 52.2 cm³/mol. The molecule has 0 bridgehead atoms. The lowest BCUT2D eigenvalue weighted by molar-refractivity contribution is 0.355. The van der Waals surface area contributed by atoms with Gasteiger partial charge in [0.1, 0.15) is 5.76 Å². The molecular weight excluding hydrogens is 180 g/mol. The van der Waals surface area contributed by atoms with Crippen LogP contribution in [0.15, 0.2) is 34.9 Å². The second-order valence-corrected chi connectivity index (χ2v) is 2.92. The molecule has 0 amide bonds. The zero-order valence-electron chi connectivity index (χ0n) is 7.73. The van der Waals surface area contributed by atoms with E-state index in [4.69, 9.17) is 15.0 Å². The second-order valence-electron chi connectivity index (χ2n) is 2.92. The van der Waals surface area contributed by atoms with Gasteiger partial charge < -0.3 is 15.0 Å². The number of anilines is 1. The Morgan fingerprint density at radius 2 is 2.14 bits per heavy atom. The average molecular weight is 190 g/mol. The fourth-order valence-corrected chi connectivity index (χ4v) is 1.08. The third kappa shape index (κ3) is 1.69. The lowest BCUT2D eigenvalue weighted by Gasteiger charge is -2.03. The molecule has 1 aromatic heterocycles. The Balaban J connectivity index is 2.23. The van der Waals surface area contributed by atoms with Crippen LogP contribution in [0.1, 0.15) is 5.76 Å². The Kier molecular flexibility index (Phi) is 2.10. The highest BCUT2D eigenvalue weighted by atomic mass is 16.5. The van der Waals surface area contributed by atoms with Crippen LogP contribution in [0.2, 0.25) is 0 Å². The molecule has 0 fully saturated rings. The number of hydrogen-bond donors (Lipinski definition) is 1. The highest BCUT2D eigenvalue weighted by molar-refractivity contribution is 5.52. The summed E-state index contributed by atoms with van der Waals surface area (Å²) in [4.78, 5) is 0. The number of para-hydroxylation sites is 2. The molecule has 4 nitrogen and oxygen atoms in total. The van der Waals surface area contributed by atoms with Gasteiger partial charge in [0.15, 0.2) is 5.75 Å². The van der Waals surface area contributed by atoms with E-state index >= 15 is 0 Å². The molecule has 0 aliphatic heterocycles. The summed E-state index contributed by atoms with van der Waals surface area (Å²) in [7, 11) is 0. The van der Waals surface area contributed by atoms with Crippen molar-refractivity contribution in [2.75, 3.05) is 5.73 Å². The molecule has 0 saturated carbocycles. The van der Waals surface area contributed by atoms with E-state index < -0.39 is 0 Å². The molecule has 0 atom stereocenters. The predicted octanol–water partition coefficient (Wildman–Crippen LogP) is 2.36. The van der Waals surface area contributed by atoms with Crippen LogP contribution in [-0.4, -0.2) is 5.16 Å². The fourth-order valence-electron chi connectivity index (χ4n) is 1.08. The normalized spacial score (nSPS) is 10.1. The number of nitrogens with two attached hydrogens (primary N) is 1. The summed E-state index contributed by atoms with van der Waals surface area (Å²) in [5.74, 6) is 1.70. The number of aryl methyl sites for hydroxylation is 1. The maximum absolute atomic E-state index is 5.69. The van der Waals surface area contributed by atoms with E-state index in [1.54, 1.807) is 25.1 Å². The molecule has 2 aromatic rings. The van der Waals surface area contributed by atoms with Crippen LogP contribution in [0, 0.1) is 6.92 Å². The van der Waals surface area contributed by atoms with Crippen LogP contribution in [0.4, 0.5) is 5.69 Å². The Hall–Kier alpha value is -1.97. The molecule has 1 heterocycles. The first-order chi connectivity index (χ1) is 6.75. The van der Waals surface area contributed by atoms with Gasteiger partial charge in [0.2, 0.25) is 0 Å². The smallest absolute Gasteiger partial charge is 0.259 e. The van der Waals surface area contributed by atoms with Crippen LogP contribution in [0.25, 0.3) is 0 Å². The lowest BCUT2D eigenvalue weighted by Crippen LogP contribution is -1.90. The SMILES string of the molecule is Cc1cc(Oc2ccccc2N)no1. The van der Waals surface area contributed by atoms with Crippen molar-refractivity contribution in [3.05, 3.63) is 36.1 Å². The van der Waals surface area contributed by atoms with Gasteiger partial charge in [0.05, 0.1) is 5.69 Å². The number of nitrogens with zero attached hydrogens (tertiary/aromatic N) is 1.